The second-order valence-electron chi connectivity index (χ2n) is 5.65. The molecular formula is C16H34KO4P. The van der Waals surface area contributed by atoms with E-state index in [1.54, 1.807) is 0 Å². The summed E-state index contributed by atoms with van der Waals surface area (Å²) in [4.78, 5) is 11.3. The molecule has 0 heterocycles. The van der Waals surface area contributed by atoms with Gasteiger partial charge < -0.3 is 13.9 Å². The summed E-state index contributed by atoms with van der Waals surface area (Å²) in [6.45, 7) is 4.71. The third-order valence-corrected chi connectivity index (χ3v) is 4.49. The summed E-state index contributed by atoms with van der Waals surface area (Å²) in [6.07, 6.45) is 13.9. The Morgan fingerprint density at radius 1 is 0.682 bits per heavy atom. The first kappa shape index (κ1) is 26.0. The molecule has 0 aromatic carbocycles. The zero-order chi connectivity index (χ0) is 15.8. The van der Waals surface area contributed by atoms with Gasteiger partial charge in [0, 0.05) is 0 Å². The molecule has 22 heavy (non-hydrogen) atoms. The molecule has 0 saturated carbocycles. The van der Waals surface area contributed by atoms with Crippen LogP contribution < -0.4 is 56.3 Å². The van der Waals surface area contributed by atoms with E-state index >= 15 is 0 Å². The van der Waals surface area contributed by atoms with Crippen molar-refractivity contribution < 1.29 is 69.9 Å². The Hall–Kier alpha value is 1.75. The smallest absolute Gasteiger partial charge is 0.756 e. The van der Waals surface area contributed by atoms with Gasteiger partial charge in [-0.15, -0.1) is 0 Å². The molecule has 0 aliphatic rings. The van der Waals surface area contributed by atoms with Crippen LogP contribution in [0.15, 0.2) is 0 Å². The first-order chi connectivity index (χ1) is 10.1. The van der Waals surface area contributed by atoms with E-state index in [0.29, 0.717) is 0 Å². The number of hydrogen-bond acceptors (Lipinski definition) is 4. The third-order valence-electron chi connectivity index (χ3n) is 3.49. The largest absolute Gasteiger partial charge is 1.00 e. The summed E-state index contributed by atoms with van der Waals surface area (Å²) in [5.74, 6) is 0. The third kappa shape index (κ3) is 19.8. The van der Waals surface area contributed by atoms with Crippen LogP contribution in [0.2, 0.25) is 0 Å². The molecule has 0 aliphatic carbocycles. The van der Waals surface area contributed by atoms with Gasteiger partial charge in [0.05, 0.1) is 13.2 Å². The summed E-state index contributed by atoms with van der Waals surface area (Å²) in [5, 5.41) is 0. The molecule has 0 fully saturated rings. The Labute approximate surface area is 180 Å². The van der Waals surface area contributed by atoms with Crippen molar-refractivity contribution in [1.29, 1.82) is 0 Å². The predicted octanol–water partition coefficient (Wildman–Crippen LogP) is 2.21. The summed E-state index contributed by atoms with van der Waals surface area (Å²) < 4.78 is 20.9. The van der Waals surface area contributed by atoms with Gasteiger partial charge in [-0.05, 0) is 12.8 Å². The van der Waals surface area contributed by atoms with Crippen LogP contribution >= 0.6 is 7.82 Å². The van der Waals surface area contributed by atoms with Crippen molar-refractivity contribution in [2.24, 2.45) is 0 Å². The van der Waals surface area contributed by atoms with Crippen LogP contribution in [-0.4, -0.2) is 13.2 Å². The van der Waals surface area contributed by atoms with Crippen molar-refractivity contribution in [3.8, 4) is 0 Å². The van der Waals surface area contributed by atoms with Crippen LogP contribution in [0.25, 0.3) is 0 Å². The molecule has 6 heteroatoms. The predicted molar refractivity (Wildman–Crippen MR) is 86.3 cm³/mol. The first-order valence-corrected chi connectivity index (χ1v) is 10.2. The molecule has 0 aliphatic heterocycles. The Balaban J connectivity index is 0. The second-order valence-corrected chi connectivity index (χ2v) is 7.06. The molecule has 0 rings (SSSR count). The molecule has 0 amide bonds. The molecule has 0 bridgehead atoms. The molecule has 1 unspecified atom stereocenters. The number of rotatable bonds is 16. The maximum atomic E-state index is 11.3. The van der Waals surface area contributed by atoms with E-state index in [4.69, 9.17) is 9.05 Å². The van der Waals surface area contributed by atoms with Gasteiger partial charge in [0.15, 0.2) is 0 Å². The Morgan fingerprint density at radius 2 is 1.05 bits per heavy atom. The molecule has 0 aromatic heterocycles. The van der Waals surface area contributed by atoms with Gasteiger partial charge in [-0.1, -0.05) is 78.1 Å². The molecule has 0 saturated heterocycles. The molecule has 4 nitrogen and oxygen atoms in total. The van der Waals surface area contributed by atoms with E-state index in [9.17, 15) is 9.46 Å². The van der Waals surface area contributed by atoms with Crippen LogP contribution in [-0.2, 0) is 13.6 Å². The van der Waals surface area contributed by atoms with Crippen molar-refractivity contribution in [3.63, 3.8) is 0 Å². The van der Waals surface area contributed by atoms with Crippen molar-refractivity contribution in [2.75, 3.05) is 13.2 Å². The molecule has 128 valence electrons. The Bertz CT molecular complexity index is 265. The number of hydrogen-bond donors (Lipinski definition) is 0. The molecule has 0 aromatic rings. The van der Waals surface area contributed by atoms with Gasteiger partial charge in [-0.2, -0.15) is 0 Å². The van der Waals surface area contributed by atoms with E-state index in [1.807, 2.05) is 6.92 Å². The maximum absolute atomic E-state index is 11.3. The van der Waals surface area contributed by atoms with Crippen LogP contribution in [0.1, 0.15) is 90.9 Å². The van der Waals surface area contributed by atoms with E-state index in [-0.39, 0.29) is 64.6 Å². The fourth-order valence-corrected chi connectivity index (χ4v) is 2.90. The molecule has 0 radical (unpaired) electrons. The van der Waals surface area contributed by atoms with Gasteiger partial charge in [0.1, 0.15) is 0 Å². The minimum Gasteiger partial charge on any atom is -0.756 e. The average Bonchev–Trinajstić information content (AvgIpc) is 2.45. The Kier molecular flexibility index (Phi) is 22.5. The van der Waals surface area contributed by atoms with Gasteiger partial charge in [0.2, 0.25) is 0 Å². The summed E-state index contributed by atoms with van der Waals surface area (Å²) in [6, 6.07) is 0. The second kappa shape index (κ2) is 19.1. The fourth-order valence-electron chi connectivity index (χ4n) is 2.12. The molecule has 0 spiro atoms. The van der Waals surface area contributed by atoms with E-state index in [0.717, 1.165) is 32.1 Å². The SMILES string of the molecule is CCCCCCCCCCCCOP(=O)([O-])OCCCC.[K+]. The number of phosphoric acid groups is 1. The van der Waals surface area contributed by atoms with Gasteiger partial charge in [-0.3, -0.25) is 4.57 Å². The molecule has 1 atom stereocenters. The zero-order valence-corrected chi connectivity index (χ0v) is 19.0. The van der Waals surface area contributed by atoms with Crippen molar-refractivity contribution in [1.82, 2.24) is 0 Å². The number of phosphoric ester groups is 1. The fraction of sp³-hybridized carbons (Fsp3) is 1.00. The standard InChI is InChI=1S/C16H35O4P.K/c1-3-5-7-8-9-10-11-12-13-14-16-20-21(17,18)19-15-6-4-2;/h3-16H2,1-2H3,(H,17,18);/q;+1/p-1. The zero-order valence-electron chi connectivity index (χ0n) is 15.0. The van der Waals surface area contributed by atoms with E-state index < -0.39 is 7.82 Å². The van der Waals surface area contributed by atoms with Crippen LogP contribution in [0.5, 0.6) is 0 Å². The Morgan fingerprint density at radius 3 is 1.50 bits per heavy atom. The van der Waals surface area contributed by atoms with E-state index in [1.165, 1.54) is 44.9 Å². The quantitative estimate of drug-likeness (QED) is 0.241. The molecule has 0 N–H and O–H groups in total. The van der Waals surface area contributed by atoms with Crippen LogP contribution in [0, 0.1) is 0 Å². The topological polar surface area (TPSA) is 58.6 Å². The monoisotopic (exact) mass is 360 g/mol. The first-order valence-electron chi connectivity index (χ1n) is 8.72. The summed E-state index contributed by atoms with van der Waals surface area (Å²) >= 11 is 0. The maximum Gasteiger partial charge on any atom is 1.00 e. The van der Waals surface area contributed by atoms with Crippen molar-refractivity contribution in [3.05, 3.63) is 0 Å². The normalized spacial score (nSPS) is 13.6. The van der Waals surface area contributed by atoms with E-state index in [2.05, 4.69) is 6.92 Å². The minimum atomic E-state index is -4.05. The van der Waals surface area contributed by atoms with Gasteiger partial charge in [-0.25, -0.2) is 0 Å². The van der Waals surface area contributed by atoms with Crippen molar-refractivity contribution >= 4 is 7.82 Å². The summed E-state index contributed by atoms with van der Waals surface area (Å²) in [5.41, 5.74) is 0. The van der Waals surface area contributed by atoms with Gasteiger partial charge in [0.25, 0.3) is 7.82 Å². The number of unbranched alkanes of at least 4 members (excludes halogenated alkanes) is 10. The summed E-state index contributed by atoms with van der Waals surface area (Å²) in [7, 11) is -4.05. The van der Waals surface area contributed by atoms with Crippen LogP contribution in [0.3, 0.4) is 0 Å². The average molecular weight is 361 g/mol. The minimum absolute atomic E-state index is 0. The van der Waals surface area contributed by atoms with Crippen molar-refractivity contribution in [2.45, 2.75) is 90.9 Å². The molecular weight excluding hydrogens is 326 g/mol. The van der Waals surface area contributed by atoms with Gasteiger partial charge >= 0.3 is 51.4 Å². The van der Waals surface area contributed by atoms with Crippen LogP contribution in [0.4, 0.5) is 0 Å².